The maximum absolute atomic E-state index is 11.1. The number of aldehydes is 1. The van der Waals surface area contributed by atoms with Crippen LogP contribution < -0.4 is 5.32 Å². The van der Waals surface area contributed by atoms with Gasteiger partial charge in [-0.1, -0.05) is 6.07 Å². The van der Waals surface area contributed by atoms with Crippen molar-refractivity contribution in [2.45, 2.75) is 13.0 Å². The molecular weight excluding hydrogens is 288 g/mol. The lowest BCUT2D eigenvalue weighted by Crippen LogP contribution is -2.26. The number of nitrogens with zero attached hydrogens (tertiary/aromatic N) is 3. The van der Waals surface area contributed by atoms with Crippen molar-refractivity contribution in [1.29, 1.82) is 0 Å². The van der Waals surface area contributed by atoms with Crippen LogP contribution in [-0.2, 0) is 16.1 Å². The third kappa shape index (κ3) is 3.75. The van der Waals surface area contributed by atoms with Crippen LogP contribution in [0.2, 0.25) is 0 Å². The zero-order valence-corrected chi connectivity index (χ0v) is 11.6. The molecular formula is C14H14N4O4. The Hall–Kier alpha value is -3.03. The van der Waals surface area contributed by atoms with E-state index in [1.54, 1.807) is 24.4 Å². The molecule has 0 aromatic carbocycles. The van der Waals surface area contributed by atoms with E-state index in [1.165, 1.54) is 10.7 Å². The maximum Gasteiger partial charge on any atom is 0.356 e. The number of nitrogens with one attached hydrogen (secondary N) is 1. The van der Waals surface area contributed by atoms with Gasteiger partial charge in [-0.3, -0.25) is 19.3 Å². The molecule has 2 heterocycles. The topological polar surface area (TPSA) is 114 Å². The van der Waals surface area contributed by atoms with Crippen molar-refractivity contribution < 1.29 is 19.5 Å². The number of pyridine rings is 1. The number of rotatable bonds is 7. The molecule has 0 unspecified atom stereocenters. The normalized spacial score (nSPS) is 10.2. The molecule has 22 heavy (non-hydrogen) atoms. The van der Waals surface area contributed by atoms with Crippen LogP contribution >= 0.6 is 0 Å². The summed E-state index contributed by atoms with van der Waals surface area (Å²) < 4.78 is 1.53. The van der Waals surface area contributed by atoms with Crippen molar-refractivity contribution in [3.05, 3.63) is 36.2 Å². The van der Waals surface area contributed by atoms with Crippen molar-refractivity contribution in [2.75, 3.05) is 6.54 Å². The van der Waals surface area contributed by atoms with Crippen LogP contribution in [0.4, 0.5) is 0 Å². The molecule has 0 aliphatic heterocycles. The molecule has 0 saturated carbocycles. The van der Waals surface area contributed by atoms with Gasteiger partial charge in [0.05, 0.1) is 11.4 Å². The standard InChI is InChI=1S/C14H14N4O4/c19-9-13(20)16-6-3-7-18-12(8-11(17-18)14(21)22)10-4-1-2-5-15-10/h1-2,4-5,8-9H,3,6-7H2,(H,16,20)(H,21,22). The summed E-state index contributed by atoms with van der Waals surface area (Å²) in [5.74, 6) is -1.80. The van der Waals surface area contributed by atoms with Crippen LogP contribution in [0.25, 0.3) is 11.4 Å². The second-order valence-corrected chi connectivity index (χ2v) is 4.42. The molecule has 8 nitrogen and oxygen atoms in total. The fourth-order valence-electron chi connectivity index (χ4n) is 1.89. The molecule has 1 amide bonds. The first-order valence-electron chi connectivity index (χ1n) is 6.57. The monoisotopic (exact) mass is 302 g/mol. The van der Waals surface area contributed by atoms with Gasteiger partial charge in [0.1, 0.15) is 0 Å². The Kier molecular flexibility index (Phi) is 4.97. The van der Waals surface area contributed by atoms with E-state index in [0.29, 0.717) is 30.9 Å². The Labute approximate surface area is 125 Å². The van der Waals surface area contributed by atoms with Gasteiger partial charge in [-0.25, -0.2) is 4.79 Å². The zero-order chi connectivity index (χ0) is 15.9. The number of carboxylic acids is 1. The molecule has 0 spiro atoms. The number of carboxylic acid groups (broad SMARTS) is 1. The average Bonchev–Trinajstić information content (AvgIpc) is 2.96. The molecule has 0 bridgehead atoms. The molecule has 0 atom stereocenters. The maximum atomic E-state index is 11.1. The van der Waals surface area contributed by atoms with Gasteiger partial charge in [-0.2, -0.15) is 5.10 Å². The van der Waals surface area contributed by atoms with Crippen molar-refractivity contribution in [3.8, 4) is 11.4 Å². The highest BCUT2D eigenvalue weighted by atomic mass is 16.4. The molecule has 0 radical (unpaired) electrons. The van der Waals surface area contributed by atoms with Gasteiger partial charge in [-0.15, -0.1) is 0 Å². The number of aryl methyl sites for hydroxylation is 1. The molecule has 0 aliphatic rings. The van der Waals surface area contributed by atoms with E-state index in [2.05, 4.69) is 15.4 Å². The number of aromatic nitrogens is 3. The van der Waals surface area contributed by atoms with Gasteiger partial charge in [0.25, 0.3) is 5.91 Å². The molecule has 8 heteroatoms. The number of carbonyl (C=O) groups is 3. The van der Waals surface area contributed by atoms with Crippen LogP contribution in [0.15, 0.2) is 30.5 Å². The average molecular weight is 302 g/mol. The summed E-state index contributed by atoms with van der Waals surface area (Å²) in [4.78, 5) is 36.2. The molecule has 114 valence electrons. The fourth-order valence-corrected chi connectivity index (χ4v) is 1.89. The quantitative estimate of drug-likeness (QED) is 0.433. The van der Waals surface area contributed by atoms with Crippen LogP contribution in [0.3, 0.4) is 0 Å². The Balaban J connectivity index is 2.13. The van der Waals surface area contributed by atoms with Gasteiger partial charge >= 0.3 is 5.97 Å². The Morgan fingerprint density at radius 2 is 2.18 bits per heavy atom. The second kappa shape index (κ2) is 7.11. The SMILES string of the molecule is O=CC(=O)NCCCn1nc(C(=O)O)cc1-c1ccccn1. The summed E-state index contributed by atoms with van der Waals surface area (Å²) in [7, 11) is 0. The van der Waals surface area contributed by atoms with Gasteiger partial charge in [-0.05, 0) is 18.6 Å². The summed E-state index contributed by atoms with van der Waals surface area (Å²) in [6, 6.07) is 6.77. The minimum absolute atomic E-state index is 0.0717. The summed E-state index contributed by atoms with van der Waals surface area (Å²) in [5.41, 5.74) is 1.12. The lowest BCUT2D eigenvalue weighted by atomic mass is 10.2. The lowest BCUT2D eigenvalue weighted by Gasteiger charge is -2.07. The number of hydrogen-bond acceptors (Lipinski definition) is 5. The van der Waals surface area contributed by atoms with Crippen LogP contribution in [0.5, 0.6) is 0 Å². The zero-order valence-electron chi connectivity index (χ0n) is 11.6. The summed E-state index contributed by atoms with van der Waals surface area (Å²) in [5, 5.41) is 15.5. The number of hydrogen-bond donors (Lipinski definition) is 2. The van der Waals surface area contributed by atoms with E-state index in [9.17, 15) is 14.4 Å². The number of carbonyl (C=O) groups excluding carboxylic acids is 2. The van der Waals surface area contributed by atoms with E-state index < -0.39 is 11.9 Å². The van der Waals surface area contributed by atoms with Crippen molar-refractivity contribution in [3.63, 3.8) is 0 Å². The molecule has 2 rings (SSSR count). The number of aromatic carboxylic acids is 1. The summed E-state index contributed by atoms with van der Waals surface area (Å²) >= 11 is 0. The highest BCUT2D eigenvalue weighted by Crippen LogP contribution is 2.18. The fraction of sp³-hybridized carbons (Fsp3) is 0.214. The predicted octanol–water partition coefficient (Wildman–Crippen LogP) is 0.348. The minimum atomic E-state index is -1.12. The third-order valence-electron chi connectivity index (χ3n) is 2.88. The molecule has 0 aliphatic carbocycles. The van der Waals surface area contributed by atoms with Gasteiger partial charge in [0.15, 0.2) is 5.69 Å². The Morgan fingerprint density at radius 3 is 2.82 bits per heavy atom. The van der Waals surface area contributed by atoms with Crippen molar-refractivity contribution >= 4 is 18.2 Å². The Bertz CT molecular complexity index is 681. The first-order valence-corrected chi connectivity index (χ1v) is 6.57. The second-order valence-electron chi connectivity index (χ2n) is 4.42. The largest absolute Gasteiger partial charge is 0.476 e. The predicted molar refractivity (Wildman–Crippen MR) is 76.1 cm³/mol. The summed E-state index contributed by atoms with van der Waals surface area (Å²) in [6.07, 6.45) is 2.31. The van der Waals surface area contributed by atoms with E-state index in [1.807, 2.05) is 0 Å². The van der Waals surface area contributed by atoms with Gasteiger partial charge < -0.3 is 10.4 Å². The molecule has 0 fully saturated rings. The van der Waals surface area contributed by atoms with E-state index in [4.69, 9.17) is 5.11 Å². The highest BCUT2D eigenvalue weighted by Gasteiger charge is 2.15. The van der Waals surface area contributed by atoms with Crippen LogP contribution in [-0.4, -0.2) is 44.6 Å². The van der Waals surface area contributed by atoms with E-state index in [0.717, 1.165) is 0 Å². The van der Waals surface area contributed by atoms with Crippen LogP contribution in [0, 0.1) is 0 Å². The van der Waals surface area contributed by atoms with Gasteiger partial charge in [0.2, 0.25) is 6.29 Å². The first kappa shape index (κ1) is 15.4. The van der Waals surface area contributed by atoms with Crippen molar-refractivity contribution in [1.82, 2.24) is 20.1 Å². The summed E-state index contributed by atoms with van der Waals surface area (Å²) in [6.45, 7) is 0.680. The van der Waals surface area contributed by atoms with E-state index >= 15 is 0 Å². The molecule has 2 aromatic heterocycles. The van der Waals surface area contributed by atoms with Gasteiger partial charge in [0, 0.05) is 25.4 Å². The first-order chi connectivity index (χ1) is 10.6. The Morgan fingerprint density at radius 1 is 1.36 bits per heavy atom. The smallest absolute Gasteiger partial charge is 0.356 e. The third-order valence-corrected chi connectivity index (χ3v) is 2.88. The van der Waals surface area contributed by atoms with Crippen molar-refractivity contribution in [2.24, 2.45) is 0 Å². The number of amides is 1. The van der Waals surface area contributed by atoms with Crippen LogP contribution in [0.1, 0.15) is 16.9 Å². The van der Waals surface area contributed by atoms with E-state index in [-0.39, 0.29) is 12.0 Å². The minimum Gasteiger partial charge on any atom is -0.476 e. The molecule has 2 N–H and O–H groups in total. The molecule has 2 aromatic rings. The molecule has 0 saturated heterocycles. The lowest BCUT2D eigenvalue weighted by molar-refractivity contribution is -0.131. The highest BCUT2D eigenvalue weighted by molar-refractivity contribution is 6.23.